The van der Waals surface area contributed by atoms with Gasteiger partial charge in [-0.25, -0.2) is 0 Å². The maximum atomic E-state index is 2.18. The van der Waals surface area contributed by atoms with E-state index in [-0.39, 0.29) is 0 Å². The highest BCUT2D eigenvalue weighted by Gasteiger charge is 1.93. The Kier molecular flexibility index (Phi) is 3.98. The molecule has 0 fully saturated rings. The lowest BCUT2D eigenvalue weighted by Crippen LogP contribution is -2.07. The number of para-hydroxylation sites is 1. The van der Waals surface area contributed by atoms with Crippen molar-refractivity contribution >= 4 is 5.69 Å². The first-order valence-electron chi connectivity index (χ1n) is 5.85. The first kappa shape index (κ1) is 11.5. The molecule has 0 aromatic heterocycles. The van der Waals surface area contributed by atoms with Gasteiger partial charge < -0.3 is 4.90 Å². The van der Waals surface area contributed by atoms with Crippen LogP contribution >= 0.6 is 0 Å². The largest absolute Gasteiger partial charge is 0.351 e. The number of hydrogen-bond acceptors (Lipinski definition) is 1. The Labute approximate surface area is 103 Å². The minimum Gasteiger partial charge on any atom is -0.351 e. The summed E-state index contributed by atoms with van der Waals surface area (Å²) in [5, 5.41) is 0. The average Bonchev–Trinajstić information content (AvgIpc) is 2.41. The molecule has 0 spiro atoms. The smallest absolute Gasteiger partial charge is 0.0403 e. The van der Waals surface area contributed by atoms with Crippen molar-refractivity contribution in [2.24, 2.45) is 0 Å². The molecule has 17 heavy (non-hydrogen) atoms. The Hall–Kier alpha value is -2.02. The van der Waals surface area contributed by atoms with Gasteiger partial charge in [0.15, 0.2) is 0 Å². The van der Waals surface area contributed by atoms with Gasteiger partial charge in [0.2, 0.25) is 0 Å². The van der Waals surface area contributed by atoms with Crippen LogP contribution < -0.4 is 4.90 Å². The molecule has 0 saturated heterocycles. The Bertz CT molecular complexity index is 459. The number of benzene rings is 2. The van der Waals surface area contributed by atoms with E-state index in [9.17, 15) is 0 Å². The van der Waals surface area contributed by atoms with E-state index in [1.807, 2.05) is 12.1 Å². The third-order valence-electron chi connectivity index (χ3n) is 2.69. The van der Waals surface area contributed by atoms with Gasteiger partial charge in [-0.1, -0.05) is 54.6 Å². The highest BCUT2D eigenvalue weighted by Crippen LogP contribution is 2.11. The predicted molar refractivity (Wildman–Crippen MR) is 74.1 cm³/mol. The molecule has 0 amide bonds. The van der Waals surface area contributed by atoms with E-state index in [0.29, 0.717) is 0 Å². The lowest BCUT2D eigenvalue weighted by molar-refractivity contribution is 1.17. The summed E-state index contributed by atoms with van der Waals surface area (Å²) in [4.78, 5) is 2.13. The van der Waals surface area contributed by atoms with Gasteiger partial charge in [0.25, 0.3) is 0 Å². The van der Waals surface area contributed by atoms with Gasteiger partial charge in [-0.2, -0.15) is 0 Å². The van der Waals surface area contributed by atoms with Gasteiger partial charge in [0.05, 0.1) is 0 Å². The second kappa shape index (κ2) is 5.90. The molecule has 1 nitrogen and oxygen atoms in total. The van der Waals surface area contributed by atoms with Crippen molar-refractivity contribution in [2.75, 3.05) is 11.9 Å². The Morgan fingerprint density at radius 3 is 2.12 bits per heavy atom. The molecule has 0 atom stereocenters. The number of anilines is 1. The molecule has 0 heterocycles. The topological polar surface area (TPSA) is 3.24 Å². The first-order valence-corrected chi connectivity index (χ1v) is 5.85. The molecule has 0 saturated carbocycles. The quantitative estimate of drug-likeness (QED) is 0.760. The maximum absolute atomic E-state index is 2.18. The zero-order valence-corrected chi connectivity index (χ0v) is 10.1. The summed E-state index contributed by atoms with van der Waals surface area (Å²) < 4.78 is 0. The lowest BCUT2D eigenvalue weighted by Gasteiger charge is -2.13. The Balaban J connectivity index is 1.93. The van der Waals surface area contributed by atoms with Crippen molar-refractivity contribution in [2.45, 2.75) is 6.42 Å². The monoisotopic (exact) mass is 223 g/mol. The maximum Gasteiger partial charge on any atom is 0.0403 e. The van der Waals surface area contributed by atoms with Crippen LogP contribution in [0.15, 0.2) is 72.9 Å². The van der Waals surface area contributed by atoms with Crippen molar-refractivity contribution in [3.63, 3.8) is 0 Å². The molecule has 0 aliphatic heterocycles. The van der Waals surface area contributed by atoms with Gasteiger partial charge >= 0.3 is 0 Å². The number of rotatable bonds is 4. The number of hydrogen-bond donors (Lipinski definition) is 0. The van der Waals surface area contributed by atoms with Crippen LogP contribution in [0.1, 0.15) is 5.56 Å². The lowest BCUT2D eigenvalue weighted by atomic mass is 10.1. The molecule has 0 unspecified atom stereocenters. The second-order valence-corrected chi connectivity index (χ2v) is 4.02. The van der Waals surface area contributed by atoms with Crippen molar-refractivity contribution in [3.8, 4) is 0 Å². The number of nitrogens with zero attached hydrogens (tertiary/aromatic N) is 1. The first-order chi connectivity index (χ1) is 8.36. The standard InChI is InChI=1S/C16H17N/c1-17(16-12-6-3-7-13-16)14-8-11-15-9-4-2-5-10-15/h2-10,12-14H,11H2,1H3/b14-8+. The fourth-order valence-electron chi connectivity index (χ4n) is 1.71. The predicted octanol–water partition coefficient (Wildman–Crippen LogP) is 3.88. The van der Waals surface area contributed by atoms with Gasteiger partial charge in [0, 0.05) is 18.9 Å². The fourth-order valence-corrected chi connectivity index (χ4v) is 1.71. The van der Waals surface area contributed by atoms with Crippen LogP contribution in [0.5, 0.6) is 0 Å². The molecule has 2 rings (SSSR count). The van der Waals surface area contributed by atoms with Gasteiger partial charge in [-0.3, -0.25) is 0 Å². The summed E-state index contributed by atoms with van der Waals surface area (Å²) in [6.07, 6.45) is 5.27. The van der Waals surface area contributed by atoms with Crippen LogP contribution in [0, 0.1) is 0 Å². The van der Waals surface area contributed by atoms with E-state index >= 15 is 0 Å². The summed E-state index contributed by atoms with van der Waals surface area (Å²) in [5.41, 5.74) is 2.54. The van der Waals surface area contributed by atoms with E-state index in [1.54, 1.807) is 0 Å². The molecule has 0 aliphatic rings. The van der Waals surface area contributed by atoms with Gasteiger partial charge in [0.1, 0.15) is 0 Å². The number of allylic oxidation sites excluding steroid dienone is 1. The Morgan fingerprint density at radius 1 is 0.882 bits per heavy atom. The van der Waals surface area contributed by atoms with E-state index in [0.717, 1.165) is 6.42 Å². The zero-order chi connectivity index (χ0) is 11.9. The van der Waals surface area contributed by atoms with Crippen LogP contribution in [0.4, 0.5) is 5.69 Å². The van der Waals surface area contributed by atoms with Crippen molar-refractivity contribution in [3.05, 3.63) is 78.5 Å². The molecule has 0 aliphatic carbocycles. The summed E-state index contributed by atoms with van der Waals surface area (Å²) in [5.74, 6) is 0. The highest BCUT2D eigenvalue weighted by molar-refractivity contribution is 5.47. The molecule has 86 valence electrons. The van der Waals surface area contributed by atoms with Crippen molar-refractivity contribution in [1.29, 1.82) is 0 Å². The van der Waals surface area contributed by atoms with Crippen LogP contribution in [0.2, 0.25) is 0 Å². The molecular formula is C16H17N. The van der Waals surface area contributed by atoms with Gasteiger partial charge in [-0.05, 0) is 24.1 Å². The van der Waals surface area contributed by atoms with Crippen molar-refractivity contribution < 1.29 is 0 Å². The van der Waals surface area contributed by atoms with Crippen molar-refractivity contribution in [1.82, 2.24) is 0 Å². The fraction of sp³-hybridized carbons (Fsp3) is 0.125. The molecule has 0 radical (unpaired) electrons. The minimum atomic E-state index is 0.970. The molecular weight excluding hydrogens is 206 g/mol. The van der Waals surface area contributed by atoms with E-state index in [4.69, 9.17) is 0 Å². The second-order valence-electron chi connectivity index (χ2n) is 4.02. The van der Waals surface area contributed by atoms with Gasteiger partial charge in [-0.15, -0.1) is 0 Å². The van der Waals surface area contributed by atoms with E-state index in [1.165, 1.54) is 11.3 Å². The average molecular weight is 223 g/mol. The van der Waals surface area contributed by atoms with E-state index < -0.39 is 0 Å². The van der Waals surface area contributed by atoms with Crippen LogP contribution in [-0.2, 0) is 6.42 Å². The highest BCUT2D eigenvalue weighted by atomic mass is 15.1. The minimum absolute atomic E-state index is 0.970. The SMILES string of the molecule is CN(/C=C/Cc1ccccc1)c1ccccc1. The van der Waals surface area contributed by atoms with E-state index in [2.05, 4.69) is 72.8 Å². The summed E-state index contributed by atoms with van der Waals surface area (Å²) in [6, 6.07) is 20.8. The summed E-state index contributed by atoms with van der Waals surface area (Å²) in [6.45, 7) is 0. The molecule has 2 aromatic carbocycles. The Morgan fingerprint density at radius 2 is 1.47 bits per heavy atom. The normalized spacial score (nSPS) is 10.6. The van der Waals surface area contributed by atoms with Crippen LogP contribution in [-0.4, -0.2) is 7.05 Å². The molecule has 1 heteroatoms. The van der Waals surface area contributed by atoms with Crippen LogP contribution in [0.25, 0.3) is 0 Å². The third-order valence-corrected chi connectivity index (χ3v) is 2.69. The molecule has 0 N–H and O–H groups in total. The molecule has 0 bridgehead atoms. The third kappa shape index (κ3) is 3.49. The molecule has 2 aromatic rings. The zero-order valence-electron chi connectivity index (χ0n) is 10.1. The van der Waals surface area contributed by atoms with Crippen LogP contribution in [0.3, 0.4) is 0 Å². The summed E-state index contributed by atoms with van der Waals surface area (Å²) >= 11 is 0. The summed E-state index contributed by atoms with van der Waals surface area (Å²) in [7, 11) is 2.07.